The Labute approximate surface area is 197 Å². The zero-order valence-corrected chi connectivity index (χ0v) is 19.2. The van der Waals surface area contributed by atoms with Crippen molar-refractivity contribution in [2.24, 2.45) is 0 Å². The molecule has 170 valence electrons. The highest BCUT2D eigenvalue weighted by molar-refractivity contribution is 7.99. The van der Waals surface area contributed by atoms with E-state index in [4.69, 9.17) is 0 Å². The molecule has 1 aliphatic carbocycles. The van der Waals surface area contributed by atoms with E-state index in [2.05, 4.69) is 21.6 Å². The molecule has 0 atom stereocenters. The maximum absolute atomic E-state index is 14.5. The van der Waals surface area contributed by atoms with Crippen LogP contribution in [-0.2, 0) is 17.8 Å². The minimum Gasteiger partial charge on any atom is -0.337 e. The van der Waals surface area contributed by atoms with Gasteiger partial charge in [-0.05, 0) is 37.0 Å². The monoisotopic (exact) mass is 463 g/mol. The van der Waals surface area contributed by atoms with Crippen LogP contribution in [0.15, 0.2) is 59.8 Å². The molecular weight excluding hydrogens is 437 g/mol. The molecule has 4 rings (SSSR count). The van der Waals surface area contributed by atoms with Gasteiger partial charge in [0, 0.05) is 6.54 Å². The first-order valence-corrected chi connectivity index (χ1v) is 12.2. The zero-order valence-electron chi connectivity index (χ0n) is 18.3. The topological polar surface area (TPSA) is 83.6 Å². The van der Waals surface area contributed by atoms with Crippen molar-refractivity contribution in [1.82, 2.24) is 20.1 Å². The number of carbonyl (C=O) groups is 1. The van der Waals surface area contributed by atoms with Gasteiger partial charge >= 0.3 is 0 Å². The van der Waals surface area contributed by atoms with Gasteiger partial charge in [-0.3, -0.25) is 4.79 Å². The summed E-state index contributed by atoms with van der Waals surface area (Å²) < 4.78 is 16.4. The van der Waals surface area contributed by atoms with E-state index in [-0.39, 0.29) is 17.5 Å². The van der Waals surface area contributed by atoms with Crippen LogP contribution < -0.4 is 5.32 Å². The summed E-state index contributed by atoms with van der Waals surface area (Å²) in [7, 11) is 0. The summed E-state index contributed by atoms with van der Waals surface area (Å²) in [4.78, 5) is 12.7. The van der Waals surface area contributed by atoms with Gasteiger partial charge in [-0.1, -0.05) is 73.5 Å². The molecule has 0 spiro atoms. The number of rotatable bonds is 8. The van der Waals surface area contributed by atoms with Gasteiger partial charge in [0.25, 0.3) is 0 Å². The SMILES string of the molecule is N#CC1(NC(=O)CSc2nnc(-c3ccccc3F)n2CCc2ccccc2)CCCCC1. The number of amides is 1. The van der Waals surface area contributed by atoms with Gasteiger partial charge in [0.2, 0.25) is 5.91 Å². The number of nitriles is 1. The normalized spacial score (nSPS) is 15.0. The Kier molecular flexibility index (Phi) is 7.40. The predicted molar refractivity (Wildman–Crippen MR) is 126 cm³/mol. The molecule has 1 aliphatic rings. The third-order valence-electron chi connectivity index (χ3n) is 5.93. The Bertz CT molecular complexity index is 1140. The lowest BCUT2D eigenvalue weighted by atomic mass is 9.83. The summed E-state index contributed by atoms with van der Waals surface area (Å²) in [5.41, 5.74) is 0.752. The molecule has 3 aromatic rings. The lowest BCUT2D eigenvalue weighted by Gasteiger charge is -2.31. The van der Waals surface area contributed by atoms with Crippen LogP contribution in [0.5, 0.6) is 0 Å². The average molecular weight is 464 g/mol. The maximum Gasteiger partial charge on any atom is 0.231 e. The number of hydrogen-bond donors (Lipinski definition) is 1. The van der Waals surface area contributed by atoms with Gasteiger partial charge in [0.15, 0.2) is 11.0 Å². The van der Waals surface area contributed by atoms with Gasteiger partial charge in [-0.2, -0.15) is 5.26 Å². The smallest absolute Gasteiger partial charge is 0.231 e. The lowest BCUT2D eigenvalue weighted by molar-refractivity contribution is -0.120. The van der Waals surface area contributed by atoms with Crippen LogP contribution >= 0.6 is 11.8 Å². The third-order valence-corrected chi connectivity index (χ3v) is 6.90. The molecule has 1 aromatic heterocycles. The Morgan fingerprint density at radius 3 is 2.55 bits per heavy atom. The maximum atomic E-state index is 14.5. The first kappa shape index (κ1) is 23.0. The molecule has 1 N–H and O–H groups in total. The molecule has 33 heavy (non-hydrogen) atoms. The number of aromatic nitrogens is 3. The van der Waals surface area contributed by atoms with Gasteiger partial charge < -0.3 is 9.88 Å². The molecule has 0 bridgehead atoms. The van der Waals surface area contributed by atoms with E-state index in [1.807, 2.05) is 34.9 Å². The number of nitrogens with zero attached hydrogens (tertiary/aromatic N) is 4. The fraction of sp³-hybridized carbons (Fsp3) is 0.360. The number of hydrogen-bond acceptors (Lipinski definition) is 5. The highest BCUT2D eigenvalue weighted by Gasteiger charge is 2.33. The number of thioether (sulfide) groups is 1. The number of halogens is 1. The minimum atomic E-state index is -0.769. The van der Waals surface area contributed by atoms with Crippen molar-refractivity contribution < 1.29 is 9.18 Å². The first-order chi connectivity index (χ1) is 16.1. The lowest BCUT2D eigenvalue weighted by Crippen LogP contribution is -2.49. The largest absolute Gasteiger partial charge is 0.337 e. The van der Waals surface area contributed by atoms with Gasteiger partial charge in [0.1, 0.15) is 11.4 Å². The molecule has 1 fully saturated rings. The van der Waals surface area contributed by atoms with Gasteiger partial charge in [-0.15, -0.1) is 10.2 Å². The second kappa shape index (κ2) is 10.6. The van der Waals surface area contributed by atoms with Crippen LogP contribution in [0.25, 0.3) is 11.4 Å². The third kappa shape index (κ3) is 5.60. The Balaban J connectivity index is 1.51. The Morgan fingerprint density at radius 2 is 1.82 bits per heavy atom. The molecular formula is C25H26FN5OS. The molecule has 1 saturated carbocycles. The second-order valence-electron chi connectivity index (χ2n) is 8.26. The second-order valence-corrected chi connectivity index (χ2v) is 9.21. The molecule has 0 radical (unpaired) electrons. The predicted octanol–water partition coefficient (Wildman–Crippen LogP) is 4.76. The van der Waals surface area contributed by atoms with Crippen molar-refractivity contribution in [2.45, 2.75) is 55.8 Å². The van der Waals surface area contributed by atoms with E-state index >= 15 is 0 Å². The standard InChI is InChI=1S/C25H26FN5OS/c26-21-12-6-5-11-20(21)23-29-30-24(31(23)16-13-19-9-3-1-4-10-19)33-17-22(32)28-25(18-27)14-7-2-8-15-25/h1,3-6,9-12H,2,7-8,13-17H2,(H,28,32). The van der Waals surface area contributed by atoms with E-state index in [1.165, 1.54) is 17.8 Å². The van der Waals surface area contributed by atoms with Crippen molar-refractivity contribution in [1.29, 1.82) is 5.26 Å². The molecule has 0 saturated heterocycles. The molecule has 1 heterocycles. The van der Waals surface area contributed by atoms with Crippen molar-refractivity contribution >= 4 is 17.7 Å². The summed E-state index contributed by atoms with van der Waals surface area (Å²) in [5, 5.41) is 21.6. The van der Waals surface area contributed by atoms with Crippen molar-refractivity contribution in [3.63, 3.8) is 0 Å². The number of nitrogens with one attached hydrogen (secondary N) is 1. The van der Waals surface area contributed by atoms with E-state index in [0.717, 1.165) is 31.2 Å². The summed E-state index contributed by atoms with van der Waals surface area (Å²) in [5.74, 6) is -0.0147. The van der Waals surface area contributed by atoms with Gasteiger partial charge in [-0.25, -0.2) is 4.39 Å². The average Bonchev–Trinajstić information content (AvgIpc) is 3.25. The van der Waals surface area contributed by atoms with E-state index in [0.29, 0.717) is 35.9 Å². The van der Waals surface area contributed by atoms with Crippen LogP contribution in [0.2, 0.25) is 0 Å². The summed E-state index contributed by atoms with van der Waals surface area (Å²) >= 11 is 1.25. The molecule has 8 heteroatoms. The summed E-state index contributed by atoms with van der Waals surface area (Å²) in [6, 6.07) is 18.8. The van der Waals surface area contributed by atoms with Crippen molar-refractivity contribution in [3.05, 3.63) is 66.0 Å². The number of aryl methyl sites for hydroxylation is 1. The first-order valence-electron chi connectivity index (χ1n) is 11.2. The van der Waals surface area contributed by atoms with Crippen LogP contribution in [-0.4, -0.2) is 32.0 Å². The van der Waals surface area contributed by atoms with Crippen molar-refractivity contribution in [2.75, 3.05) is 5.75 Å². The number of benzene rings is 2. The number of carbonyl (C=O) groups excluding carboxylic acids is 1. The highest BCUT2D eigenvalue weighted by atomic mass is 32.2. The van der Waals surface area contributed by atoms with E-state index in [1.54, 1.807) is 18.2 Å². The zero-order chi connectivity index (χ0) is 23.1. The Hall–Kier alpha value is -3.18. The van der Waals surface area contributed by atoms with Crippen molar-refractivity contribution in [3.8, 4) is 17.5 Å². The van der Waals surface area contributed by atoms with E-state index < -0.39 is 5.54 Å². The summed E-state index contributed by atoms with van der Waals surface area (Å²) in [6.07, 6.45) is 5.08. The fourth-order valence-corrected chi connectivity index (χ4v) is 4.94. The van der Waals surface area contributed by atoms with Crippen LogP contribution in [0.3, 0.4) is 0 Å². The summed E-state index contributed by atoms with van der Waals surface area (Å²) in [6.45, 7) is 0.548. The van der Waals surface area contributed by atoms with Gasteiger partial charge in [0.05, 0.1) is 17.4 Å². The molecule has 0 aliphatic heterocycles. The minimum absolute atomic E-state index is 0.115. The molecule has 0 unspecified atom stereocenters. The van der Waals surface area contributed by atoms with Crippen LogP contribution in [0, 0.1) is 17.1 Å². The van der Waals surface area contributed by atoms with E-state index in [9.17, 15) is 14.4 Å². The van der Waals surface area contributed by atoms with Crippen LogP contribution in [0.1, 0.15) is 37.7 Å². The molecule has 1 amide bonds. The quantitative estimate of drug-likeness (QED) is 0.487. The highest BCUT2D eigenvalue weighted by Crippen LogP contribution is 2.29. The van der Waals surface area contributed by atoms with Crippen LogP contribution in [0.4, 0.5) is 4.39 Å². The molecule has 6 nitrogen and oxygen atoms in total. The Morgan fingerprint density at radius 1 is 1.09 bits per heavy atom. The fourth-order valence-electron chi connectivity index (χ4n) is 4.18. The molecule has 2 aromatic carbocycles.